The van der Waals surface area contributed by atoms with E-state index in [-0.39, 0.29) is 17.2 Å². The maximum Gasteiger partial charge on any atom is 0.218 e. The van der Waals surface area contributed by atoms with Gasteiger partial charge in [-0.3, -0.25) is 0 Å². The molecule has 2 heterocycles. The molecule has 1 saturated heterocycles. The highest BCUT2D eigenvalue weighted by Gasteiger charge is 2.33. The second-order valence-electron chi connectivity index (χ2n) is 7.41. The van der Waals surface area contributed by atoms with E-state index in [0.29, 0.717) is 13.1 Å². The number of hydrogen-bond acceptors (Lipinski definition) is 4. The Morgan fingerprint density at radius 3 is 2.73 bits per heavy atom. The van der Waals surface area contributed by atoms with Crippen molar-refractivity contribution in [2.45, 2.75) is 38.0 Å². The van der Waals surface area contributed by atoms with E-state index in [2.05, 4.69) is 14.8 Å². The Bertz CT molecular complexity index is 879. The van der Waals surface area contributed by atoms with Crippen LogP contribution in [0.3, 0.4) is 0 Å². The second kappa shape index (κ2) is 7.08. The van der Waals surface area contributed by atoms with Crippen LogP contribution in [-0.4, -0.2) is 40.6 Å². The molecule has 2 aliphatic rings. The summed E-state index contributed by atoms with van der Waals surface area (Å²) in [6.45, 7) is 1.91. The summed E-state index contributed by atoms with van der Waals surface area (Å²) in [5.41, 5.74) is 0.222. The fourth-order valence-corrected chi connectivity index (χ4v) is 5.18. The average Bonchev–Trinajstić information content (AvgIpc) is 3.11. The summed E-state index contributed by atoms with van der Waals surface area (Å²) < 4.78 is 42.7. The molecule has 1 aromatic carbocycles. The molecule has 1 unspecified atom stereocenters. The SMILES string of the molecule is O=S(=O)(Cc1ccccc1F)N1CCC(Cc2nncn2CC2CC2)C1. The third-order valence-corrected chi connectivity index (χ3v) is 7.05. The summed E-state index contributed by atoms with van der Waals surface area (Å²) in [6.07, 6.45) is 5.84. The maximum absolute atomic E-state index is 13.8. The lowest BCUT2D eigenvalue weighted by molar-refractivity contribution is 0.447. The van der Waals surface area contributed by atoms with Gasteiger partial charge in [-0.15, -0.1) is 10.2 Å². The van der Waals surface area contributed by atoms with Crippen LogP contribution in [-0.2, 0) is 28.7 Å². The molecule has 2 fully saturated rings. The Balaban J connectivity index is 1.38. The van der Waals surface area contributed by atoms with Crippen molar-refractivity contribution in [3.63, 3.8) is 0 Å². The Labute approximate surface area is 153 Å². The lowest BCUT2D eigenvalue weighted by Crippen LogP contribution is -2.30. The summed E-state index contributed by atoms with van der Waals surface area (Å²) in [6, 6.07) is 6.05. The maximum atomic E-state index is 13.8. The van der Waals surface area contributed by atoms with Crippen LogP contribution in [0.5, 0.6) is 0 Å². The van der Waals surface area contributed by atoms with Crippen LogP contribution in [0.1, 0.15) is 30.7 Å². The largest absolute Gasteiger partial charge is 0.317 e. The molecule has 8 heteroatoms. The van der Waals surface area contributed by atoms with Crippen LogP contribution < -0.4 is 0 Å². The van der Waals surface area contributed by atoms with Crippen LogP contribution in [0.25, 0.3) is 0 Å². The van der Waals surface area contributed by atoms with Crippen LogP contribution in [0.2, 0.25) is 0 Å². The van der Waals surface area contributed by atoms with E-state index >= 15 is 0 Å². The first-order valence-electron chi connectivity index (χ1n) is 9.09. The summed E-state index contributed by atoms with van der Waals surface area (Å²) in [5, 5.41) is 8.24. The summed E-state index contributed by atoms with van der Waals surface area (Å²) >= 11 is 0. The van der Waals surface area contributed by atoms with Gasteiger partial charge >= 0.3 is 0 Å². The zero-order chi connectivity index (χ0) is 18.1. The predicted molar refractivity (Wildman–Crippen MR) is 95.2 cm³/mol. The Morgan fingerprint density at radius 2 is 1.96 bits per heavy atom. The Kier molecular flexibility index (Phi) is 4.79. The molecule has 0 amide bonds. The van der Waals surface area contributed by atoms with Gasteiger partial charge < -0.3 is 4.57 Å². The molecular formula is C18H23FN4O2S. The van der Waals surface area contributed by atoms with Gasteiger partial charge in [-0.1, -0.05) is 18.2 Å². The van der Waals surface area contributed by atoms with E-state index < -0.39 is 15.8 Å². The molecule has 4 rings (SSSR count). The van der Waals surface area contributed by atoms with Gasteiger partial charge in [-0.2, -0.15) is 0 Å². The molecule has 6 nitrogen and oxygen atoms in total. The van der Waals surface area contributed by atoms with Gasteiger partial charge in [0.05, 0.1) is 5.75 Å². The van der Waals surface area contributed by atoms with Gasteiger partial charge in [0.15, 0.2) is 0 Å². The number of aromatic nitrogens is 3. The number of nitrogens with zero attached hydrogens (tertiary/aromatic N) is 4. The minimum Gasteiger partial charge on any atom is -0.317 e. The van der Waals surface area contributed by atoms with Gasteiger partial charge in [-0.05, 0) is 37.2 Å². The topological polar surface area (TPSA) is 68.1 Å². The van der Waals surface area contributed by atoms with Crippen molar-refractivity contribution in [1.29, 1.82) is 0 Å². The van der Waals surface area contributed by atoms with E-state index in [0.717, 1.165) is 31.1 Å². The van der Waals surface area contributed by atoms with E-state index in [4.69, 9.17) is 0 Å². The minimum atomic E-state index is -3.52. The molecule has 1 aliphatic heterocycles. The lowest BCUT2D eigenvalue weighted by Gasteiger charge is -2.17. The highest BCUT2D eigenvalue weighted by molar-refractivity contribution is 7.88. The van der Waals surface area contributed by atoms with Crippen molar-refractivity contribution in [1.82, 2.24) is 19.1 Å². The van der Waals surface area contributed by atoms with Gasteiger partial charge in [0.25, 0.3) is 0 Å². The normalized spacial score (nSPS) is 21.3. The fourth-order valence-electron chi connectivity index (χ4n) is 3.55. The van der Waals surface area contributed by atoms with Crippen LogP contribution in [0.15, 0.2) is 30.6 Å². The van der Waals surface area contributed by atoms with E-state index in [9.17, 15) is 12.8 Å². The van der Waals surface area contributed by atoms with Crippen molar-refractivity contribution in [2.75, 3.05) is 13.1 Å². The van der Waals surface area contributed by atoms with Gasteiger partial charge in [0.2, 0.25) is 10.0 Å². The molecule has 0 radical (unpaired) electrons. The van der Waals surface area contributed by atoms with E-state index in [1.54, 1.807) is 18.5 Å². The smallest absolute Gasteiger partial charge is 0.218 e. The van der Waals surface area contributed by atoms with Gasteiger partial charge in [0.1, 0.15) is 18.0 Å². The first-order chi connectivity index (χ1) is 12.5. The minimum absolute atomic E-state index is 0.222. The van der Waals surface area contributed by atoms with E-state index in [1.165, 1.54) is 29.3 Å². The standard InChI is InChI=1S/C18H23FN4O2S/c19-17-4-2-1-3-16(17)12-26(24,25)23-8-7-15(11-23)9-18-21-20-13-22(18)10-14-5-6-14/h1-4,13-15H,5-12H2. The average molecular weight is 378 g/mol. The molecular weight excluding hydrogens is 355 g/mol. The molecule has 1 aliphatic carbocycles. The molecule has 1 saturated carbocycles. The van der Waals surface area contributed by atoms with E-state index in [1.807, 2.05) is 0 Å². The van der Waals surface area contributed by atoms with Crippen LogP contribution in [0.4, 0.5) is 4.39 Å². The zero-order valence-corrected chi connectivity index (χ0v) is 15.4. The van der Waals surface area contributed by atoms with Crippen molar-refractivity contribution in [3.8, 4) is 0 Å². The molecule has 0 spiro atoms. The summed E-state index contributed by atoms with van der Waals surface area (Å²) in [4.78, 5) is 0. The van der Waals surface area contributed by atoms with Crippen molar-refractivity contribution in [3.05, 3.63) is 47.8 Å². The van der Waals surface area contributed by atoms with Gasteiger partial charge in [0, 0.05) is 31.6 Å². The Morgan fingerprint density at radius 1 is 1.15 bits per heavy atom. The monoisotopic (exact) mass is 378 g/mol. The van der Waals surface area contributed by atoms with Crippen LogP contribution in [0, 0.1) is 17.7 Å². The second-order valence-corrected chi connectivity index (χ2v) is 9.38. The number of hydrogen-bond donors (Lipinski definition) is 0. The fraction of sp³-hybridized carbons (Fsp3) is 0.556. The predicted octanol–water partition coefficient (Wildman–Crippen LogP) is 2.22. The number of rotatable bonds is 7. The molecule has 1 atom stereocenters. The highest BCUT2D eigenvalue weighted by Crippen LogP contribution is 2.31. The van der Waals surface area contributed by atoms with Gasteiger partial charge in [-0.25, -0.2) is 17.1 Å². The highest BCUT2D eigenvalue weighted by atomic mass is 32.2. The number of sulfonamides is 1. The third kappa shape index (κ3) is 3.96. The molecule has 0 N–H and O–H groups in total. The number of benzene rings is 1. The molecule has 140 valence electrons. The molecule has 26 heavy (non-hydrogen) atoms. The third-order valence-electron chi connectivity index (χ3n) is 5.26. The molecule has 2 aromatic rings. The first-order valence-corrected chi connectivity index (χ1v) is 10.7. The molecule has 0 bridgehead atoms. The zero-order valence-electron chi connectivity index (χ0n) is 14.6. The van der Waals surface area contributed by atoms with Crippen LogP contribution >= 0.6 is 0 Å². The van der Waals surface area contributed by atoms with Crippen molar-refractivity contribution in [2.24, 2.45) is 11.8 Å². The number of halogens is 1. The van der Waals surface area contributed by atoms with Crippen molar-refractivity contribution >= 4 is 10.0 Å². The molecule has 1 aromatic heterocycles. The van der Waals surface area contributed by atoms with Crippen molar-refractivity contribution < 1.29 is 12.8 Å². The first kappa shape index (κ1) is 17.6. The Hall–Kier alpha value is -1.80. The lowest BCUT2D eigenvalue weighted by atomic mass is 10.0. The summed E-state index contributed by atoms with van der Waals surface area (Å²) in [7, 11) is -3.52. The summed E-state index contributed by atoms with van der Waals surface area (Å²) in [5.74, 6) is 1.15. The quantitative estimate of drug-likeness (QED) is 0.741.